The summed E-state index contributed by atoms with van der Waals surface area (Å²) in [5.74, 6) is 0. The van der Waals surface area contributed by atoms with Crippen LogP contribution in [0.4, 0.5) is 4.79 Å². The van der Waals surface area contributed by atoms with Gasteiger partial charge >= 0.3 is 6.09 Å². The van der Waals surface area contributed by atoms with E-state index in [0.717, 1.165) is 0 Å². The largest absolute Gasteiger partial charge is 0.444 e. The number of hydrogen-bond donors (Lipinski definition) is 1. The van der Waals surface area contributed by atoms with Crippen LogP contribution >= 0.6 is 11.6 Å². The normalized spacial score (nSPS) is 23.1. The molecule has 1 amide bonds. The molecule has 1 aliphatic heterocycles. The highest BCUT2D eigenvalue weighted by molar-refractivity contribution is 7.91. The molecule has 0 spiro atoms. The summed E-state index contributed by atoms with van der Waals surface area (Å²) in [4.78, 5) is 18.4. The van der Waals surface area contributed by atoms with Crippen LogP contribution in [-0.2, 0) is 20.4 Å². The summed E-state index contributed by atoms with van der Waals surface area (Å²) in [5.41, 5.74) is -1.58. The summed E-state index contributed by atoms with van der Waals surface area (Å²) >= 11 is 6.05. The summed E-state index contributed by atoms with van der Waals surface area (Å²) in [6, 6.07) is 5.18. The number of piperidine rings is 1. The fourth-order valence-corrected chi connectivity index (χ4v) is 6.27. The standard InChI is InChI=1S/C24H30ClN3O5S/c1-22(2,3)33-21(29)27-14-11-24(30,12-15-27)19-16-17-6-5-13-26-20(17)28(19)34(31,32)23(4)9-7-18(25)8-10-23/h5-9,13,16,30H,10-12,14-15H2,1-4H3. The second-order valence-corrected chi connectivity index (χ2v) is 12.8. The highest BCUT2D eigenvalue weighted by Gasteiger charge is 2.46. The summed E-state index contributed by atoms with van der Waals surface area (Å²) in [6.45, 7) is 7.48. The Kier molecular flexibility index (Phi) is 6.11. The summed E-state index contributed by atoms with van der Waals surface area (Å²) < 4.78 is 33.4. The minimum Gasteiger partial charge on any atom is -0.444 e. The van der Waals surface area contributed by atoms with Gasteiger partial charge < -0.3 is 14.7 Å². The number of halogens is 1. The first-order chi connectivity index (χ1) is 15.8. The first kappa shape index (κ1) is 24.8. The topological polar surface area (TPSA) is 102 Å². The van der Waals surface area contributed by atoms with Crippen LogP contribution in [0.2, 0.25) is 0 Å². The Hall–Kier alpha value is -2.36. The zero-order chi connectivity index (χ0) is 24.9. The van der Waals surface area contributed by atoms with E-state index >= 15 is 0 Å². The van der Waals surface area contributed by atoms with Crippen molar-refractivity contribution < 1.29 is 23.1 Å². The molecule has 34 heavy (non-hydrogen) atoms. The molecule has 1 aliphatic carbocycles. The van der Waals surface area contributed by atoms with Crippen LogP contribution in [0.15, 0.2) is 47.7 Å². The van der Waals surface area contributed by atoms with Gasteiger partial charge in [0.05, 0.1) is 5.69 Å². The van der Waals surface area contributed by atoms with Gasteiger partial charge in [0.25, 0.3) is 0 Å². The lowest BCUT2D eigenvalue weighted by atomic mass is 9.88. The van der Waals surface area contributed by atoms with Crippen molar-refractivity contribution in [1.82, 2.24) is 13.9 Å². The summed E-state index contributed by atoms with van der Waals surface area (Å²) in [7, 11) is -4.04. The van der Waals surface area contributed by atoms with E-state index in [9.17, 15) is 18.3 Å². The third kappa shape index (κ3) is 4.36. The monoisotopic (exact) mass is 507 g/mol. The van der Waals surface area contributed by atoms with Gasteiger partial charge in [-0.25, -0.2) is 22.2 Å². The van der Waals surface area contributed by atoms with Crippen LogP contribution in [0.1, 0.15) is 52.7 Å². The number of carbonyl (C=O) groups excluding carboxylic acids is 1. The Bertz CT molecular complexity index is 1280. The third-order valence-electron chi connectivity index (χ3n) is 6.37. The SMILES string of the molecule is CC(C)(C)OC(=O)N1CCC(O)(c2cc3cccnc3n2S(=O)(=O)C2(C)C=CC(Cl)=CC2)CC1. The van der Waals surface area contributed by atoms with E-state index in [0.29, 0.717) is 10.4 Å². The molecule has 2 aromatic heterocycles. The van der Waals surface area contributed by atoms with Crippen LogP contribution in [0, 0.1) is 0 Å². The van der Waals surface area contributed by atoms with Gasteiger partial charge in [-0.15, -0.1) is 0 Å². The van der Waals surface area contributed by atoms with Gasteiger partial charge in [0, 0.05) is 29.7 Å². The Morgan fingerprint density at radius 2 is 1.94 bits per heavy atom. The Balaban J connectivity index is 1.73. The van der Waals surface area contributed by atoms with E-state index in [4.69, 9.17) is 16.3 Å². The molecule has 1 fully saturated rings. The number of ether oxygens (including phenoxy) is 1. The van der Waals surface area contributed by atoms with Gasteiger partial charge in [-0.3, -0.25) is 0 Å². The Morgan fingerprint density at radius 3 is 2.53 bits per heavy atom. The minimum atomic E-state index is -4.04. The average molecular weight is 508 g/mol. The molecule has 0 radical (unpaired) electrons. The predicted octanol–water partition coefficient (Wildman–Crippen LogP) is 4.27. The van der Waals surface area contributed by atoms with Gasteiger partial charge in [0.1, 0.15) is 15.9 Å². The molecular formula is C24H30ClN3O5S. The highest BCUT2D eigenvalue weighted by atomic mass is 35.5. The van der Waals surface area contributed by atoms with Crippen LogP contribution in [0.5, 0.6) is 0 Å². The third-order valence-corrected chi connectivity index (χ3v) is 8.98. The van der Waals surface area contributed by atoms with Crippen LogP contribution < -0.4 is 0 Å². The second kappa shape index (κ2) is 8.39. The fourth-order valence-electron chi connectivity index (χ4n) is 4.31. The number of nitrogens with zero attached hydrogens (tertiary/aromatic N) is 3. The molecular weight excluding hydrogens is 478 g/mol. The molecule has 2 aliphatic rings. The van der Waals surface area contributed by atoms with E-state index in [-0.39, 0.29) is 43.7 Å². The number of pyridine rings is 1. The summed E-state index contributed by atoms with van der Waals surface area (Å²) in [6.07, 6.45) is 6.43. The van der Waals surface area contributed by atoms with E-state index in [1.807, 2.05) is 0 Å². The van der Waals surface area contributed by atoms with Crippen molar-refractivity contribution in [2.24, 2.45) is 0 Å². The van der Waals surface area contributed by atoms with Crippen molar-refractivity contribution in [3.05, 3.63) is 53.4 Å². The molecule has 1 atom stereocenters. The smallest absolute Gasteiger partial charge is 0.410 e. The number of rotatable bonds is 3. The van der Waals surface area contributed by atoms with Gasteiger partial charge in [-0.1, -0.05) is 23.8 Å². The number of fused-ring (bicyclic) bond motifs is 1. The van der Waals surface area contributed by atoms with Crippen molar-refractivity contribution in [3.63, 3.8) is 0 Å². The average Bonchev–Trinajstić information content (AvgIpc) is 3.16. The first-order valence-electron chi connectivity index (χ1n) is 11.2. The number of aliphatic hydroxyl groups is 1. The van der Waals surface area contributed by atoms with Crippen LogP contribution in [-0.4, -0.2) is 56.9 Å². The molecule has 4 rings (SSSR count). The first-order valence-corrected chi connectivity index (χ1v) is 13.0. The maximum Gasteiger partial charge on any atom is 0.410 e. The molecule has 184 valence electrons. The van der Waals surface area contributed by atoms with Gasteiger partial charge in [-0.2, -0.15) is 0 Å². The van der Waals surface area contributed by atoms with Crippen LogP contribution in [0.3, 0.4) is 0 Å². The number of aromatic nitrogens is 2. The van der Waals surface area contributed by atoms with Crippen molar-refractivity contribution in [2.75, 3.05) is 13.1 Å². The number of allylic oxidation sites excluding steroid dienone is 3. The predicted molar refractivity (Wildman–Crippen MR) is 131 cm³/mol. The van der Waals surface area contributed by atoms with E-state index < -0.39 is 32.1 Å². The second-order valence-electron chi connectivity index (χ2n) is 10.2. The Labute approximate surface area is 204 Å². The Morgan fingerprint density at radius 1 is 1.26 bits per heavy atom. The molecule has 1 unspecified atom stereocenters. The van der Waals surface area contributed by atoms with Gasteiger partial charge in [0.2, 0.25) is 10.0 Å². The van der Waals surface area contributed by atoms with E-state index in [1.54, 1.807) is 64.1 Å². The molecule has 1 N–H and O–H groups in total. The molecule has 0 saturated carbocycles. The molecule has 3 heterocycles. The zero-order valence-corrected chi connectivity index (χ0v) is 21.4. The lowest BCUT2D eigenvalue weighted by Crippen LogP contribution is -2.48. The molecule has 0 bridgehead atoms. The van der Waals surface area contributed by atoms with E-state index in [2.05, 4.69) is 4.98 Å². The lowest BCUT2D eigenvalue weighted by Gasteiger charge is -2.39. The molecule has 2 aromatic rings. The highest BCUT2D eigenvalue weighted by Crippen LogP contribution is 2.40. The lowest BCUT2D eigenvalue weighted by molar-refractivity contribution is -0.0384. The minimum absolute atomic E-state index is 0.163. The molecule has 1 saturated heterocycles. The maximum absolute atomic E-state index is 14.0. The zero-order valence-electron chi connectivity index (χ0n) is 19.8. The summed E-state index contributed by atoms with van der Waals surface area (Å²) in [5, 5.41) is 12.8. The maximum atomic E-state index is 14.0. The quantitative estimate of drug-likeness (QED) is 0.665. The number of likely N-dealkylation sites (tertiary alicyclic amines) is 1. The van der Waals surface area contributed by atoms with Crippen LogP contribution in [0.25, 0.3) is 11.0 Å². The molecule has 8 nitrogen and oxygen atoms in total. The van der Waals surface area contributed by atoms with Gasteiger partial charge in [-0.05, 0) is 71.2 Å². The van der Waals surface area contributed by atoms with E-state index in [1.165, 1.54) is 15.1 Å². The van der Waals surface area contributed by atoms with Crippen molar-refractivity contribution >= 4 is 38.8 Å². The molecule has 10 heteroatoms. The van der Waals surface area contributed by atoms with Gasteiger partial charge in [0.15, 0.2) is 5.65 Å². The number of carbonyl (C=O) groups is 1. The number of amides is 1. The van der Waals surface area contributed by atoms with Crippen molar-refractivity contribution in [3.8, 4) is 0 Å². The number of hydrogen-bond acceptors (Lipinski definition) is 6. The van der Waals surface area contributed by atoms with Crippen molar-refractivity contribution in [1.29, 1.82) is 0 Å². The van der Waals surface area contributed by atoms with Crippen molar-refractivity contribution in [2.45, 2.75) is 62.9 Å². The molecule has 0 aromatic carbocycles. The fraction of sp³-hybridized carbons (Fsp3) is 0.500.